The molecule has 0 unspecified atom stereocenters. The maximum Gasteiger partial charge on any atom is 0 e. The van der Waals surface area contributed by atoms with Gasteiger partial charge in [0.2, 0.25) is 0 Å². The van der Waals surface area contributed by atoms with Gasteiger partial charge in [-0.15, -0.1) is 0 Å². The molecule has 0 aliphatic rings. The molecule has 0 rings (SSSR count). The van der Waals surface area contributed by atoms with Crippen molar-refractivity contribution in [3.63, 3.8) is 0 Å². The SMILES string of the molecule is [O]=[V](=[O])[OH].[Zn]. The summed E-state index contributed by atoms with van der Waals surface area (Å²) in [6, 6.07) is 0. The maximum atomic E-state index is 8.67. The van der Waals surface area contributed by atoms with E-state index in [0.717, 1.165) is 0 Å². The monoisotopic (exact) mass is 164 g/mol. The zero-order valence-electron chi connectivity index (χ0n) is 2.42. The van der Waals surface area contributed by atoms with E-state index in [1.807, 2.05) is 0 Å². The quantitative estimate of drug-likeness (QED) is 0.478. The van der Waals surface area contributed by atoms with Gasteiger partial charge in [0.15, 0.2) is 0 Å². The Bertz CT molecular complexity index is 55.3. The summed E-state index contributed by atoms with van der Waals surface area (Å²) in [5.41, 5.74) is 0. The predicted octanol–water partition coefficient (Wildman–Crippen LogP) is -0.800. The first-order valence-electron chi connectivity index (χ1n) is 0.565. The molecule has 0 heterocycles. The minimum atomic E-state index is -3.69. The molecule has 0 aliphatic carbocycles. The first-order chi connectivity index (χ1) is 1.73. The normalized spacial score (nSPS) is 5.00. The molecule has 0 atom stereocenters. The van der Waals surface area contributed by atoms with Crippen LogP contribution < -0.4 is 0 Å². The Morgan fingerprint density at radius 3 is 1.40 bits per heavy atom. The van der Waals surface area contributed by atoms with Gasteiger partial charge < -0.3 is 0 Å². The molecule has 5 heteroatoms. The van der Waals surface area contributed by atoms with Crippen LogP contribution in [0.3, 0.4) is 0 Å². The van der Waals surface area contributed by atoms with Crippen LogP contribution in [0.2, 0.25) is 0 Å². The van der Waals surface area contributed by atoms with Crippen molar-refractivity contribution < 1.29 is 46.3 Å². The molecular weight excluding hydrogens is 164 g/mol. The summed E-state index contributed by atoms with van der Waals surface area (Å²) in [6.45, 7) is 0. The predicted molar refractivity (Wildman–Crippen MR) is 3.59 cm³/mol. The van der Waals surface area contributed by atoms with Crippen LogP contribution in [-0.2, 0) is 42.2 Å². The molecule has 0 bridgehead atoms. The Labute approximate surface area is 46.5 Å². The minimum Gasteiger partial charge on any atom is 0 e. The standard InChI is InChI=1S/H2O.2O.V.Zn/h1H2;;;;/q;;;+1;/p-1. The summed E-state index contributed by atoms with van der Waals surface area (Å²) in [5, 5.41) is 0. The fourth-order valence-electron chi connectivity index (χ4n) is 0. The van der Waals surface area contributed by atoms with Gasteiger partial charge in [0.1, 0.15) is 0 Å². The molecule has 0 radical (unpaired) electrons. The third kappa shape index (κ3) is 62.0. The second kappa shape index (κ2) is 4.77. The fraction of sp³-hybridized carbons (Fsp3) is 0. The van der Waals surface area contributed by atoms with E-state index in [1.54, 1.807) is 0 Å². The van der Waals surface area contributed by atoms with E-state index in [9.17, 15) is 0 Å². The molecular formula is HO3VZn. The van der Waals surface area contributed by atoms with Gasteiger partial charge in [-0.2, -0.15) is 0 Å². The molecule has 0 aromatic heterocycles. The van der Waals surface area contributed by atoms with Crippen molar-refractivity contribution in [3.8, 4) is 0 Å². The minimum absolute atomic E-state index is 0. The zero-order valence-corrected chi connectivity index (χ0v) is 6.78. The molecule has 0 aromatic carbocycles. The Morgan fingerprint density at radius 2 is 1.40 bits per heavy atom. The smallest absolute Gasteiger partial charge is 0 e. The Kier molecular flexibility index (Phi) is 8.81. The van der Waals surface area contributed by atoms with E-state index in [4.69, 9.17) is 11.4 Å². The second-order valence-electron chi connectivity index (χ2n) is 0.238. The van der Waals surface area contributed by atoms with Crippen LogP contribution >= 0.6 is 0 Å². The second-order valence-corrected chi connectivity index (χ2v) is 0.981. The number of hydrogen-bond donors (Lipinski definition) is 1. The maximum absolute atomic E-state index is 8.67. The van der Waals surface area contributed by atoms with Crippen molar-refractivity contribution in [2.24, 2.45) is 0 Å². The van der Waals surface area contributed by atoms with Crippen LogP contribution in [0.4, 0.5) is 0 Å². The van der Waals surface area contributed by atoms with Gasteiger partial charge in [-0.1, -0.05) is 0 Å². The molecule has 0 spiro atoms. The van der Waals surface area contributed by atoms with Crippen LogP contribution in [0.5, 0.6) is 0 Å². The van der Waals surface area contributed by atoms with Crippen LogP contribution in [-0.4, -0.2) is 4.03 Å². The summed E-state index contributed by atoms with van der Waals surface area (Å²) in [7, 11) is 0. The van der Waals surface area contributed by atoms with Crippen molar-refractivity contribution in [2.45, 2.75) is 0 Å². The van der Waals surface area contributed by atoms with Gasteiger partial charge in [0, 0.05) is 19.5 Å². The molecule has 0 aliphatic heterocycles. The Morgan fingerprint density at radius 1 is 1.40 bits per heavy atom. The average Bonchev–Trinajstić information content (AvgIpc) is 0.811. The van der Waals surface area contributed by atoms with Gasteiger partial charge in [0.05, 0.1) is 0 Å². The Hall–Kier alpha value is 0.768. The van der Waals surface area contributed by atoms with Gasteiger partial charge in [-0.05, 0) is 0 Å². The van der Waals surface area contributed by atoms with E-state index >= 15 is 0 Å². The van der Waals surface area contributed by atoms with E-state index in [1.165, 1.54) is 0 Å². The summed E-state index contributed by atoms with van der Waals surface area (Å²) >= 11 is -3.69. The largest absolute Gasteiger partial charge is 0 e. The number of rotatable bonds is 0. The summed E-state index contributed by atoms with van der Waals surface area (Å²) in [5.74, 6) is 0. The van der Waals surface area contributed by atoms with Crippen molar-refractivity contribution in [2.75, 3.05) is 0 Å². The van der Waals surface area contributed by atoms with Gasteiger partial charge in [0.25, 0.3) is 0 Å². The molecule has 0 aromatic rings. The average molecular weight is 165 g/mol. The van der Waals surface area contributed by atoms with Crippen molar-refractivity contribution >= 4 is 0 Å². The first-order valence-corrected chi connectivity index (χ1v) is 2.33. The zero-order chi connectivity index (χ0) is 3.58. The van der Waals surface area contributed by atoms with Crippen molar-refractivity contribution in [1.82, 2.24) is 0 Å². The molecule has 1 N–H and O–H groups in total. The Balaban J connectivity index is 0. The van der Waals surface area contributed by atoms with Gasteiger partial charge in [-0.25, -0.2) is 0 Å². The third-order valence-electron chi connectivity index (χ3n) is 0. The van der Waals surface area contributed by atoms with Crippen LogP contribution in [0.15, 0.2) is 0 Å². The molecule has 0 fully saturated rings. The molecule has 26 valence electrons. The van der Waals surface area contributed by atoms with E-state index in [-0.39, 0.29) is 19.5 Å². The summed E-state index contributed by atoms with van der Waals surface area (Å²) in [4.78, 5) is 0. The first kappa shape index (κ1) is 9.24. The summed E-state index contributed by atoms with van der Waals surface area (Å²) < 4.78 is 24.4. The summed E-state index contributed by atoms with van der Waals surface area (Å²) in [6.07, 6.45) is 0. The number of hydrogen-bond acceptors (Lipinski definition) is 2. The molecule has 5 heavy (non-hydrogen) atoms. The van der Waals surface area contributed by atoms with E-state index in [2.05, 4.69) is 0 Å². The topological polar surface area (TPSA) is 54.4 Å². The van der Waals surface area contributed by atoms with Gasteiger partial charge >= 0.3 is 26.8 Å². The van der Waals surface area contributed by atoms with Crippen molar-refractivity contribution in [3.05, 3.63) is 0 Å². The van der Waals surface area contributed by atoms with Crippen molar-refractivity contribution in [1.29, 1.82) is 0 Å². The van der Waals surface area contributed by atoms with Gasteiger partial charge in [-0.3, -0.25) is 0 Å². The van der Waals surface area contributed by atoms with Crippen LogP contribution in [0.1, 0.15) is 0 Å². The fourth-order valence-corrected chi connectivity index (χ4v) is 0. The van der Waals surface area contributed by atoms with Crippen LogP contribution in [0, 0.1) is 0 Å². The molecule has 0 saturated carbocycles. The molecule has 3 nitrogen and oxygen atoms in total. The molecule has 0 amide bonds. The van der Waals surface area contributed by atoms with Crippen LogP contribution in [0.25, 0.3) is 0 Å². The third-order valence-corrected chi connectivity index (χ3v) is 0. The van der Waals surface area contributed by atoms with E-state index in [0.29, 0.717) is 0 Å². The van der Waals surface area contributed by atoms with E-state index < -0.39 is 15.4 Å². The molecule has 0 saturated heterocycles.